The molecule has 0 fully saturated rings. The summed E-state index contributed by atoms with van der Waals surface area (Å²) in [6.07, 6.45) is 1.54. The summed E-state index contributed by atoms with van der Waals surface area (Å²) in [5.74, 6) is -1.21. The molecule has 1 aliphatic heterocycles. The van der Waals surface area contributed by atoms with E-state index in [1.54, 1.807) is 0 Å². The van der Waals surface area contributed by atoms with Crippen LogP contribution in [0.3, 0.4) is 0 Å². The molecule has 3 nitrogen and oxygen atoms in total. The van der Waals surface area contributed by atoms with E-state index < -0.39 is 12.0 Å². The molecule has 0 amide bonds. The molecule has 0 bridgehead atoms. The van der Waals surface area contributed by atoms with Crippen LogP contribution in [0.25, 0.3) is 0 Å². The second-order valence-electron chi connectivity index (χ2n) is 2.16. The van der Waals surface area contributed by atoms with Crippen LogP contribution >= 0.6 is 0 Å². The van der Waals surface area contributed by atoms with Gasteiger partial charge in [-0.05, 0) is 12.5 Å². The van der Waals surface area contributed by atoms with E-state index >= 15 is 0 Å². The number of carboxylic acid groups (broad SMARTS) is 1. The smallest absolute Gasteiger partial charge is 0.321 e. The minimum absolute atomic E-state index is 0.0387. The van der Waals surface area contributed by atoms with Gasteiger partial charge < -0.3 is 5.11 Å². The standard InChI is InChI=1S/C6H8FNO2/c7-4-1-2-5(6(9)10)8-3-4/h1,5,8H,2-3H2,(H,9,10). The van der Waals surface area contributed by atoms with Crippen LogP contribution in [0.2, 0.25) is 0 Å². The minimum atomic E-state index is -0.927. The van der Waals surface area contributed by atoms with Gasteiger partial charge in [-0.15, -0.1) is 0 Å². The van der Waals surface area contributed by atoms with Crippen molar-refractivity contribution in [3.63, 3.8) is 0 Å². The molecule has 0 saturated carbocycles. The molecule has 0 aromatic carbocycles. The number of rotatable bonds is 1. The molecular formula is C6H8FNO2. The number of carboxylic acids is 1. The largest absolute Gasteiger partial charge is 0.480 e. The summed E-state index contributed by atoms with van der Waals surface area (Å²) < 4.78 is 12.2. The molecule has 0 spiro atoms. The lowest BCUT2D eigenvalue weighted by Gasteiger charge is -2.15. The van der Waals surface area contributed by atoms with Crippen molar-refractivity contribution in [2.24, 2.45) is 0 Å². The molecule has 1 aliphatic rings. The summed E-state index contributed by atoms with van der Waals surface area (Å²) in [6.45, 7) is 0.0387. The maximum atomic E-state index is 12.2. The highest BCUT2D eigenvalue weighted by Crippen LogP contribution is 2.06. The van der Waals surface area contributed by atoms with E-state index in [0.717, 1.165) is 0 Å². The van der Waals surface area contributed by atoms with Gasteiger partial charge in [0.05, 0.1) is 0 Å². The van der Waals surface area contributed by atoms with Crippen LogP contribution in [0, 0.1) is 0 Å². The Hall–Kier alpha value is -0.900. The third-order valence-electron chi connectivity index (χ3n) is 1.39. The Kier molecular flexibility index (Phi) is 2.01. The summed E-state index contributed by atoms with van der Waals surface area (Å²) in [5.41, 5.74) is 0. The lowest BCUT2D eigenvalue weighted by molar-refractivity contribution is -0.139. The molecule has 1 heterocycles. The fourth-order valence-electron chi connectivity index (χ4n) is 0.810. The maximum absolute atomic E-state index is 12.2. The van der Waals surface area contributed by atoms with Gasteiger partial charge in [-0.1, -0.05) is 0 Å². The van der Waals surface area contributed by atoms with Crippen molar-refractivity contribution in [3.8, 4) is 0 Å². The number of hydrogen-bond acceptors (Lipinski definition) is 2. The van der Waals surface area contributed by atoms with Crippen molar-refractivity contribution in [2.75, 3.05) is 6.54 Å². The SMILES string of the molecule is O=C(O)C1CC=C(F)CN1. The first-order valence-electron chi connectivity index (χ1n) is 3.01. The number of carbonyl (C=O) groups is 1. The molecule has 1 rings (SSSR count). The summed E-state index contributed by atoms with van der Waals surface area (Å²) in [7, 11) is 0. The van der Waals surface area contributed by atoms with Crippen molar-refractivity contribution >= 4 is 5.97 Å². The van der Waals surface area contributed by atoms with Gasteiger partial charge in [0.15, 0.2) is 0 Å². The third-order valence-corrected chi connectivity index (χ3v) is 1.39. The van der Waals surface area contributed by atoms with Gasteiger partial charge in [0.1, 0.15) is 11.9 Å². The number of nitrogens with one attached hydrogen (secondary N) is 1. The molecule has 1 atom stereocenters. The van der Waals surface area contributed by atoms with Gasteiger partial charge in [0, 0.05) is 6.54 Å². The topological polar surface area (TPSA) is 49.3 Å². The molecule has 0 radical (unpaired) electrons. The lowest BCUT2D eigenvalue weighted by Crippen LogP contribution is -2.39. The minimum Gasteiger partial charge on any atom is -0.480 e. The van der Waals surface area contributed by atoms with E-state index in [2.05, 4.69) is 5.32 Å². The molecular weight excluding hydrogens is 137 g/mol. The molecule has 0 aromatic heterocycles. The Morgan fingerprint density at radius 2 is 2.60 bits per heavy atom. The molecule has 10 heavy (non-hydrogen) atoms. The molecule has 4 heteroatoms. The summed E-state index contributed by atoms with van der Waals surface area (Å²) in [6, 6.07) is -0.612. The van der Waals surface area contributed by atoms with Crippen molar-refractivity contribution in [2.45, 2.75) is 12.5 Å². The van der Waals surface area contributed by atoms with Crippen LogP contribution in [-0.4, -0.2) is 23.7 Å². The van der Waals surface area contributed by atoms with Gasteiger partial charge in [0.2, 0.25) is 0 Å². The van der Waals surface area contributed by atoms with Crippen LogP contribution in [0.1, 0.15) is 6.42 Å². The fourth-order valence-corrected chi connectivity index (χ4v) is 0.810. The zero-order valence-electron chi connectivity index (χ0n) is 5.30. The summed E-state index contributed by atoms with van der Waals surface area (Å²) in [4.78, 5) is 10.2. The maximum Gasteiger partial charge on any atom is 0.321 e. The Bertz CT molecular complexity index is 179. The zero-order valence-corrected chi connectivity index (χ0v) is 5.30. The van der Waals surface area contributed by atoms with Crippen LogP contribution in [0.15, 0.2) is 11.9 Å². The molecule has 0 saturated heterocycles. The van der Waals surface area contributed by atoms with E-state index in [4.69, 9.17) is 5.11 Å². The highest BCUT2D eigenvalue weighted by atomic mass is 19.1. The zero-order chi connectivity index (χ0) is 7.56. The highest BCUT2D eigenvalue weighted by Gasteiger charge is 2.19. The Labute approximate surface area is 57.5 Å². The highest BCUT2D eigenvalue weighted by molar-refractivity contribution is 5.73. The quantitative estimate of drug-likeness (QED) is 0.557. The van der Waals surface area contributed by atoms with Gasteiger partial charge in [0.25, 0.3) is 0 Å². The number of aliphatic carboxylic acids is 1. The molecule has 0 aliphatic carbocycles. The number of halogens is 1. The average molecular weight is 145 g/mol. The van der Waals surface area contributed by atoms with Crippen LogP contribution < -0.4 is 5.32 Å². The van der Waals surface area contributed by atoms with E-state index in [9.17, 15) is 9.18 Å². The second-order valence-corrected chi connectivity index (χ2v) is 2.16. The van der Waals surface area contributed by atoms with E-state index in [1.807, 2.05) is 0 Å². The predicted molar refractivity (Wildman–Crippen MR) is 33.2 cm³/mol. The van der Waals surface area contributed by atoms with Crippen molar-refractivity contribution in [1.29, 1.82) is 0 Å². The van der Waals surface area contributed by atoms with Gasteiger partial charge in [-0.25, -0.2) is 4.39 Å². The fraction of sp³-hybridized carbons (Fsp3) is 0.500. The van der Waals surface area contributed by atoms with Crippen molar-refractivity contribution < 1.29 is 14.3 Å². The molecule has 0 aromatic rings. The molecule has 1 unspecified atom stereocenters. The van der Waals surface area contributed by atoms with Gasteiger partial charge >= 0.3 is 5.97 Å². The van der Waals surface area contributed by atoms with Gasteiger partial charge in [-0.3, -0.25) is 10.1 Å². The lowest BCUT2D eigenvalue weighted by atomic mass is 10.1. The first-order chi connectivity index (χ1) is 4.70. The molecule has 2 N–H and O–H groups in total. The van der Waals surface area contributed by atoms with E-state index in [1.165, 1.54) is 6.08 Å². The Balaban J connectivity index is 2.50. The van der Waals surface area contributed by atoms with Crippen LogP contribution in [0.5, 0.6) is 0 Å². The monoisotopic (exact) mass is 145 g/mol. The van der Waals surface area contributed by atoms with E-state index in [-0.39, 0.29) is 18.8 Å². The first kappa shape index (κ1) is 7.21. The Morgan fingerprint density at radius 3 is 3.00 bits per heavy atom. The normalized spacial score (nSPS) is 25.7. The number of hydrogen-bond donors (Lipinski definition) is 2. The average Bonchev–Trinajstić information content (AvgIpc) is 1.88. The van der Waals surface area contributed by atoms with E-state index in [0.29, 0.717) is 0 Å². The van der Waals surface area contributed by atoms with Crippen LogP contribution in [0.4, 0.5) is 4.39 Å². The van der Waals surface area contributed by atoms with Crippen molar-refractivity contribution in [1.82, 2.24) is 5.32 Å². The summed E-state index contributed by atoms with van der Waals surface area (Å²) >= 11 is 0. The van der Waals surface area contributed by atoms with Crippen molar-refractivity contribution in [3.05, 3.63) is 11.9 Å². The first-order valence-corrected chi connectivity index (χ1v) is 3.01. The molecule has 56 valence electrons. The van der Waals surface area contributed by atoms with Crippen LogP contribution in [-0.2, 0) is 4.79 Å². The van der Waals surface area contributed by atoms with Gasteiger partial charge in [-0.2, -0.15) is 0 Å². The summed E-state index contributed by atoms with van der Waals surface area (Å²) in [5, 5.41) is 10.9. The second kappa shape index (κ2) is 2.79. The third kappa shape index (κ3) is 1.54. The predicted octanol–water partition coefficient (Wildman–Crippen LogP) is 0.286. The Morgan fingerprint density at radius 1 is 1.90 bits per heavy atom.